The molecule has 214 valence electrons. The van der Waals surface area contributed by atoms with Gasteiger partial charge in [-0.2, -0.15) is 26.3 Å². The highest BCUT2D eigenvalue weighted by molar-refractivity contribution is 5.89. The van der Waals surface area contributed by atoms with Crippen LogP contribution in [0.1, 0.15) is 81.9 Å². The molecule has 1 N–H and O–H groups in total. The molecule has 10 heteroatoms. The number of hydrogen-bond donors (Lipinski definition) is 1. The fourth-order valence-corrected chi connectivity index (χ4v) is 7.16. The van der Waals surface area contributed by atoms with Gasteiger partial charge in [0, 0.05) is 18.1 Å². The Balaban J connectivity index is 1.41. The molecular formula is C29H33F6NO3. The SMILES string of the molecule is CCC(c1ccc2c(C(F)(F)F)c(OC3CCC(C(F)(F)F)CC3)ccc2c1)N1C2CCC1CC(C(=O)O)C2. The molecule has 3 aliphatic rings. The van der Waals surface area contributed by atoms with Gasteiger partial charge in [0.15, 0.2) is 0 Å². The van der Waals surface area contributed by atoms with Crippen LogP contribution in [0.25, 0.3) is 10.8 Å². The predicted octanol–water partition coefficient (Wildman–Crippen LogP) is 8.14. The standard InChI is InChI=1S/C29H33F6NO3/c1-2-24(36-20-7-8-21(36)15-18(14-20)27(37)38)17-3-11-23-16(13-17)4-12-25(26(23)29(33,34)35)39-22-9-5-19(6-10-22)28(30,31)32/h3-4,11-13,18-22,24H,2,5-10,14-15H2,1H3,(H,37,38). The molecule has 1 aliphatic carbocycles. The van der Waals surface area contributed by atoms with Gasteiger partial charge in [-0.25, -0.2) is 0 Å². The molecule has 4 nitrogen and oxygen atoms in total. The van der Waals surface area contributed by atoms with Gasteiger partial charge in [-0.05, 0) is 86.3 Å². The Morgan fingerprint density at radius 1 is 0.974 bits per heavy atom. The summed E-state index contributed by atoms with van der Waals surface area (Å²) in [6, 6.07) is 8.08. The maximum atomic E-state index is 14.3. The molecule has 2 bridgehead atoms. The van der Waals surface area contributed by atoms with Crippen LogP contribution in [0.5, 0.6) is 5.75 Å². The second-order valence-corrected chi connectivity index (χ2v) is 11.3. The molecule has 2 aromatic rings. The van der Waals surface area contributed by atoms with Gasteiger partial charge in [-0.15, -0.1) is 0 Å². The number of carbonyl (C=O) groups is 1. The van der Waals surface area contributed by atoms with E-state index in [2.05, 4.69) is 4.90 Å². The minimum atomic E-state index is -4.71. The predicted molar refractivity (Wildman–Crippen MR) is 133 cm³/mol. The third kappa shape index (κ3) is 5.58. The second kappa shape index (κ2) is 10.5. The average Bonchev–Trinajstić information content (AvgIpc) is 3.11. The second-order valence-electron chi connectivity index (χ2n) is 11.3. The van der Waals surface area contributed by atoms with Gasteiger partial charge < -0.3 is 9.84 Å². The van der Waals surface area contributed by atoms with Gasteiger partial charge >= 0.3 is 18.3 Å². The van der Waals surface area contributed by atoms with Crippen LogP contribution in [0.3, 0.4) is 0 Å². The first-order valence-corrected chi connectivity index (χ1v) is 13.7. The topological polar surface area (TPSA) is 49.8 Å². The minimum absolute atomic E-state index is 0.00450. The smallest absolute Gasteiger partial charge is 0.420 e. The Morgan fingerprint density at radius 3 is 2.15 bits per heavy atom. The van der Waals surface area contributed by atoms with E-state index in [0.717, 1.165) is 24.8 Å². The molecule has 0 amide bonds. The largest absolute Gasteiger partial charge is 0.490 e. The van der Waals surface area contributed by atoms with Crippen LogP contribution in [0.2, 0.25) is 0 Å². The molecule has 3 atom stereocenters. The zero-order chi connectivity index (χ0) is 28.1. The Kier molecular flexibility index (Phi) is 7.54. The van der Waals surface area contributed by atoms with Crippen molar-refractivity contribution in [2.75, 3.05) is 0 Å². The number of alkyl halides is 6. The first-order valence-electron chi connectivity index (χ1n) is 13.7. The van der Waals surface area contributed by atoms with Gasteiger partial charge in [0.05, 0.1) is 17.9 Å². The number of hydrogen-bond acceptors (Lipinski definition) is 3. The first kappa shape index (κ1) is 28.1. The highest BCUT2D eigenvalue weighted by Crippen LogP contribution is 2.47. The Hall–Kier alpha value is -2.49. The summed E-state index contributed by atoms with van der Waals surface area (Å²) in [6.07, 6.45) is -6.17. The summed E-state index contributed by atoms with van der Waals surface area (Å²) < 4.78 is 87.6. The van der Waals surface area contributed by atoms with Crippen LogP contribution in [-0.4, -0.2) is 40.3 Å². The lowest BCUT2D eigenvalue weighted by atomic mass is 9.86. The molecular weight excluding hydrogens is 524 g/mol. The van der Waals surface area contributed by atoms with Crippen molar-refractivity contribution in [3.63, 3.8) is 0 Å². The number of fused-ring (bicyclic) bond motifs is 3. The van der Waals surface area contributed by atoms with Crippen LogP contribution in [0.4, 0.5) is 26.3 Å². The zero-order valence-corrected chi connectivity index (χ0v) is 21.7. The number of nitrogens with zero attached hydrogens (tertiary/aromatic N) is 1. The molecule has 5 rings (SSSR count). The number of rotatable bonds is 6. The van der Waals surface area contributed by atoms with E-state index in [0.29, 0.717) is 18.2 Å². The Labute approximate surface area is 223 Å². The zero-order valence-electron chi connectivity index (χ0n) is 21.7. The molecule has 3 fully saturated rings. The number of piperidine rings is 1. The normalized spacial score (nSPS) is 28.9. The minimum Gasteiger partial charge on any atom is -0.490 e. The Morgan fingerprint density at radius 2 is 1.62 bits per heavy atom. The summed E-state index contributed by atoms with van der Waals surface area (Å²) in [5, 5.41) is 9.93. The van der Waals surface area contributed by atoms with Crippen molar-refractivity contribution in [3.8, 4) is 5.75 Å². The monoisotopic (exact) mass is 557 g/mol. The van der Waals surface area contributed by atoms with Crippen molar-refractivity contribution in [1.82, 2.24) is 4.90 Å². The Bertz CT molecular complexity index is 1190. The molecule has 0 spiro atoms. The fraction of sp³-hybridized carbons (Fsp3) is 0.621. The summed E-state index contributed by atoms with van der Waals surface area (Å²) in [5.74, 6) is -2.91. The van der Waals surface area contributed by atoms with E-state index in [4.69, 9.17) is 4.74 Å². The van der Waals surface area contributed by atoms with Crippen LogP contribution < -0.4 is 4.74 Å². The summed E-state index contributed by atoms with van der Waals surface area (Å²) in [6.45, 7) is 2.03. The highest BCUT2D eigenvalue weighted by Gasteiger charge is 2.46. The number of halogens is 6. The fourth-order valence-electron chi connectivity index (χ4n) is 7.16. The molecule has 2 saturated heterocycles. The lowest BCUT2D eigenvalue weighted by molar-refractivity contribution is -0.185. The van der Waals surface area contributed by atoms with Gasteiger partial charge in [-0.1, -0.05) is 25.1 Å². The number of ether oxygens (including phenoxy) is 1. The summed E-state index contributed by atoms with van der Waals surface area (Å²) >= 11 is 0. The maximum Gasteiger partial charge on any atom is 0.420 e. The first-order chi connectivity index (χ1) is 18.4. The van der Waals surface area contributed by atoms with Gasteiger partial charge in [0.2, 0.25) is 0 Å². The van der Waals surface area contributed by atoms with Gasteiger partial charge in [0.25, 0.3) is 0 Å². The lowest BCUT2D eigenvalue weighted by Crippen LogP contribution is -2.46. The summed E-state index contributed by atoms with van der Waals surface area (Å²) in [7, 11) is 0. The van der Waals surface area contributed by atoms with E-state index in [1.54, 1.807) is 18.2 Å². The van der Waals surface area contributed by atoms with Crippen molar-refractivity contribution >= 4 is 16.7 Å². The average molecular weight is 558 g/mol. The van der Waals surface area contributed by atoms with Crippen molar-refractivity contribution in [1.29, 1.82) is 0 Å². The van der Waals surface area contributed by atoms with Crippen molar-refractivity contribution in [3.05, 3.63) is 41.5 Å². The quantitative estimate of drug-likeness (QED) is 0.364. The van der Waals surface area contributed by atoms with Crippen molar-refractivity contribution in [2.45, 2.75) is 101 Å². The van der Waals surface area contributed by atoms with E-state index >= 15 is 0 Å². The third-order valence-electron chi connectivity index (χ3n) is 8.99. The molecule has 2 aromatic carbocycles. The van der Waals surface area contributed by atoms with Gasteiger partial charge in [0.1, 0.15) is 11.3 Å². The lowest BCUT2D eigenvalue weighted by Gasteiger charge is -2.42. The molecule has 0 aromatic heterocycles. The number of carboxylic acid groups (broad SMARTS) is 1. The van der Waals surface area contributed by atoms with E-state index in [9.17, 15) is 36.2 Å². The summed E-state index contributed by atoms with van der Waals surface area (Å²) in [4.78, 5) is 14.0. The summed E-state index contributed by atoms with van der Waals surface area (Å²) in [5.41, 5.74) is -0.0113. The van der Waals surface area contributed by atoms with Crippen LogP contribution in [0, 0.1) is 11.8 Å². The van der Waals surface area contributed by atoms with E-state index in [1.165, 1.54) is 12.1 Å². The number of carboxylic acids is 1. The molecule has 0 radical (unpaired) electrons. The van der Waals surface area contributed by atoms with E-state index < -0.39 is 35.9 Å². The molecule has 3 unspecified atom stereocenters. The highest BCUT2D eigenvalue weighted by atomic mass is 19.4. The van der Waals surface area contributed by atoms with E-state index in [-0.39, 0.29) is 60.9 Å². The van der Waals surface area contributed by atoms with Crippen LogP contribution >= 0.6 is 0 Å². The van der Waals surface area contributed by atoms with E-state index in [1.807, 2.05) is 6.92 Å². The number of benzene rings is 2. The van der Waals surface area contributed by atoms with Crippen molar-refractivity contribution in [2.24, 2.45) is 11.8 Å². The number of aliphatic carboxylic acids is 1. The van der Waals surface area contributed by atoms with Crippen LogP contribution in [-0.2, 0) is 11.0 Å². The molecule has 2 aliphatic heterocycles. The maximum absolute atomic E-state index is 14.3. The van der Waals surface area contributed by atoms with Crippen molar-refractivity contribution < 1.29 is 41.0 Å². The van der Waals surface area contributed by atoms with Crippen LogP contribution in [0.15, 0.2) is 30.3 Å². The van der Waals surface area contributed by atoms with Gasteiger partial charge in [-0.3, -0.25) is 9.69 Å². The molecule has 2 heterocycles. The third-order valence-corrected chi connectivity index (χ3v) is 8.99. The molecule has 1 saturated carbocycles. The molecule has 39 heavy (non-hydrogen) atoms.